The molecule has 0 saturated carbocycles. The van der Waals surface area contributed by atoms with E-state index in [0.29, 0.717) is 6.54 Å². The minimum atomic E-state index is -0.255. The highest BCUT2D eigenvalue weighted by molar-refractivity contribution is 5.89. The van der Waals surface area contributed by atoms with Crippen LogP contribution in [0.4, 0.5) is 10.5 Å². The molecule has 0 unspecified atom stereocenters. The summed E-state index contributed by atoms with van der Waals surface area (Å²) in [6, 6.07) is 13.5. The minimum Gasteiger partial charge on any atom is -0.332 e. The molecule has 140 valence electrons. The molecule has 0 aliphatic carbocycles. The van der Waals surface area contributed by atoms with Crippen LogP contribution in [-0.4, -0.2) is 20.8 Å². The molecule has 6 heteroatoms. The highest BCUT2D eigenvalue weighted by Crippen LogP contribution is 2.23. The van der Waals surface area contributed by atoms with Crippen molar-refractivity contribution < 1.29 is 4.79 Å². The topological polar surface area (TPSA) is 71.8 Å². The van der Waals surface area contributed by atoms with Gasteiger partial charge in [0.1, 0.15) is 0 Å². The number of aromatic nitrogens is 3. The third-order valence-corrected chi connectivity index (χ3v) is 4.35. The molecular formula is C21H25N5O. The molecule has 0 atom stereocenters. The zero-order valence-electron chi connectivity index (χ0n) is 16.2. The fourth-order valence-corrected chi connectivity index (χ4v) is 2.81. The summed E-state index contributed by atoms with van der Waals surface area (Å²) in [7, 11) is 1.89. The first-order valence-electron chi connectivity index (χ1n) is 8.91. The molecule has 1 aromatic carbocycles. The summed E-state index contributed by atoms with van der Waals surface area (Å²) in [5.41, 5.74) is 4.89. The van der Waals surface area contributed by atoms with Gasteiger partial charge in [-0.1, -0.05) is 32.9 Å². The zero-order chi connectivity index (χ0) is 19.4. The Morgan fingerprint density at radius 3 is 2.37 bits per heavy atom. The molecule has 3 rings (SSSR count). The van der Waals surface area contributed by atoms with E-state index in [1.165, 1.54) is 5.56 Å². The Hall–Kier alpha value is -3.15. The van der Waals surface area contributed by atoms with Crippen LogP contribution in [0.5, 0.6) is 0 Å². The second-order valence-corrected chi connectivity index (χ2v) is 7.52. The lowest BCUT2D eigenvalue weighted by atomic mass is 9.87. The number of nitrogens with one attached hydrogen (secondary N) is 2. The molecule has 0 bridgehead atoms. The number of benzene rings is 1. The summed E-state index contributed by atoms with van der Waals surface area (Å²) in [6.07, 6.45) is 3.50. The van der Waals surface area contributed by atoms with Crippen LogP contribution in [0.25, 0.3) is 11.3 Å². The van der Waals surface area contributed by atoms with Crippen LogP contribution in [0.15, 0.2) is 54.9 Å². The Morgan fingerprint density at radius 2 is 1.74 bits per heavy atom. The Morgan fingerprint density at radius 1 is 1.07 bits per heavy atom. The van der Waals surface area contributed by atoms with Gasteiger partial charge in [0.2, 0.25) is 0 Å². The van der Waals surface area contributed by atoms with E-state index in [2.05, 4.69) is 41.5 Å². The van der Waals surface area contributed by atoms with Gasteiger partial charge in [0.05, 0.1) is 17.9 Å². The van der Waals surface area contributed by atoms with E-state index in [4.69, 9.17) is 0 Å². The average molecular weight is 363 g/mol. The number of aryl methyl sites for hydroxylation is 1. The first kappa shape index (κ1) is 18.6. The van der Waals surface area contributed by atoms with Gasteiger partial charge in [0.25, 0.3) is 0 Å². The Balaban J connectivity index is 1.58. The molecule has 6 nitrogen and oxygen atoms in total. The molecule has 0 saturated heterocycles. The van der Waals surface area contributed by atoms with Crippen LogP contribution >= 0.6 is 0 Å². The second kappa shape index (κ2) is 7.61. The van der Waals surface area contributed by atoms with Gasteiger partial charge >= 0.3 is 6.03 Å². The SMILES string of the molecule is Cn1nc(CNC(=O)Nc2ccc(C(C)(C)C)cc2)cc1-c1ccncc1. The van der Waals surface area contributed by atoms with Crippen molar-refractivity contribution in [2.75, 3.05) is 5.32 Å². The maximum absolute atomic E-state index is 12.2. The first-order chi connectivity index (χ1) is 12.8. The number of urea groups is 1. The molecular weight excluding hydrogens is 338 g/mol. The summed E-state index contributed by atoms with van der Waals surface area (Å²) >= 11 is 0. The van der Waals surface area contributed by atoms with Crippen molar-refractivity contribution >= 4 is 11.7 Å². The van der Waals surface area contributed by atoms with Crippen molar-refractivity contribution in [1.29, 1.82) is 0 Å². The quantitative estimate of drug-likeness (QED) is 0.733. The lowest BCUT2D eigenvalue weighted by Gasteiger charge is -2.19. The van der Waals surface area contributed by atoms with Gasteiger partial charge in [0, 0.05) is 30.7 Å². The van der Waals surface area contributed by atoms with Gasteiger partial charge in [-0.25, -0.2) is 4.79 Å². The van der Waals surface area contributed by atoms with Crippen LogP contribution in [0.3, 0.4) is 0 Å². The number of carbonyl (C=O) groups is 1. The van der Waals surface area contributed by atoms with Crippen LogP contribution in [0.1, 0.15) is 32.0 Å². The molecule has 0 radical (unpaired) electrons. The van der Waals surface area contributed by atoms with Crippen molar-refractivity contribution in [2.24, 2.45) is 7.05 Å². The molecule has 0 aliphatic heterocycles. The Kier molecular flexibility index (Phi) is 5.26. The third kappa shape index (κ3) is 4.73. The summed E-state index contributed by atoms with van der Waals surface area (Å²) < 4.78 is 1.80. The molecule has 0 aliphatic rings. The number of carbonyl (C=O) groups excluding carboxylic acids is 1. The highest BCUT2D eigenvalue weighted by atomic mass is 16.2. The van der Waals surface area contributed by atoms with E-state index in [9.17, 15) is 4.79 Å². The van der Waals surface area contributed by atoms with Crippen molar-refractivity contribution in [1.82, 2.24) is 20.1 Å². The van der Waals surface area contributed by atoms with Crippen LogP contribution in [0, 0.1) is 0 Å². The van der Waals surface area contributed by atoms with Gasteiger partial charge < -0.3 is 10.6 Å². The fourth-order valence-electron chi connectivity index (χ4n) is 2.81. The van der Waals surface area contributed by atoms with E-state index in [1.807, 2.05) is 49.5 Å². The fraction of sp³-hybridized carbons (Fsp3) is 0.286. The van der Waals surface area contributed by atoms with E-state index in [0.717, 1.165) is 22.6 Å². The standard InChI is InChI=1S/C21H25N5O/c1-21(2,3)16-5-7-17(8-6-16)24-20(27)23-14-18-13-19(26(4)25-18)15-9-11-22-12-10-15/h5-13H,14H2,1-4H3,(H2,23,24,27). The number of hydrogen-bond donors (Lipinski definition) is 2. The maximum atomic E-state index is 12.2. The number of amides is 2. The normalized spacial score (nSPS) is 11.3. The van der Waals surface area contributed by atoms with E-state index < -0.39 is 0 Å². The molecule has 2 amide bonds. The Labute approximate surface area is 159 Å². The smallest absolute Gasteiger partial charge is 0.319 e. The second-order valence-electron chi connectivity index (χ2n) is 7.52. The summed E-state index contributed by atoms with van der Waals surface area (Å²) in [4.78, 5) is 16.2. The van der Waals surface area contributed by atoms with E-state index in [1.54, 1.807) is 17.1 Å². The molecule has 0 spiro atoms. The van der Waals surface area contributed by atoms with Crippen molar-refractivity contribution in [3.8, 4) is 11.3 Å². The van der Waals surface area contributed by atoms with Crippen LogP contribution < -0.4 is 10.6 Å². The predicted molar refractivity (Wildman–Crippen MR) is 107 cm³/mol. The van der Waals surface area contributed by atoms with E-state index >= 15 is 0 Å². The zero-order valence-corrected chi connectivity index (χ0v) is 16.2. The van der Waals surface area contributed by atoms with Crippen molar-refractivity contribution in [3.63, 3.8) is 0 Å². The number of rotatable bonds is 4. The van der Waals surface area contributed by atoms with Gasteiger partial charge in [-0.2, -0.15) is 5.10 Å². The number of nitrogens with zero attached hydrogens (tertiary/aromatic N) is 3. The van der Waals surface area contributed by atoms with Crippen molar-refractivity contribution in [2.45, 2.75) is 32.7 Å². The largest absolute Gasteiger partial charge is 0.332 e. The summed E-state index contributed by atoms with van der Waals surface area (Å²) in [6.45, 7) is 6.84. The lowest BCUT2D eigenvalue weighted by molar-refractivity contribution is 0.251. The number of pyridine rings is 1. The molecule has 27 heavy (non-hydrogen) atoms. The summed E-state index contributed by atoms with van der Waals surface area (Å²) in [5.74, 6) is 0. The summed E-state index contributed by atoms with van der Waals surface area (Å²) in [5, 5.41) is 10.2. The van der Waals surface area contributed by atoms with Gasteiger partial charge in [-0.15, -0.1) is 0 Å². The van der Waals surface area contributed by atoms with Gasteiger partial charge in [-0.05, 0) is 41.3 Å². The average Bonchev–Trinajstić information content (AvgIpc) is 3.01. The lowest BCUT2D eigenvalue weighted by Crippen LogP contribution is -2.28. The molecule has 2 aromatic heterocycles. The van der Waals surface area contributed by atoms with Gasteiger partial charge in [-0.3, -0.25) is 9.67 Å². The van der Waals surface area contributed by atoms with Gasteiger partial charge in [0.15, 0.2) is 0 Å². The maximum Gasteiger partial charge on any atom is 0.319 e. The number of hydrogen-bond acceptors (Lipinski definition) is 3. The highest BCUT2D eigenvalue weighted by Gasteiger charge is 2.13. The number of anilines is 1. The van der Waals surface area contributed by atoms with Crippen LogP contribution in [0.2, 0.25) is 0 Å². The Bertz CT molecular complexity index is 908. The van der Waals surface area contributed by atoms with E-state index in [-0.39, 0.29) is 11.4 Å². The predicted octanol–water partition coefficient (Wildman–Crippen LogP) is 4.10. The molecule has 0 fully saturated rings. The minimum absolute atomic E-state index is 0.0896. The monoisotopic (exact) mass is 363 g/mol. The van der Waals surface area contributed by atoms with Crippen LogP contribution in [-0.2, 0) is 19.0 Å². The first-order valence-corrected chi connectivity index (χ1v) is 8.91. The molecule has 2 heterocycles. The van der Waals surface area contributed by atoms with Crippen molar-refractivity contribution in [3.05, 3.63) is 66.1 Å². The molecule has 2 N–H and O–H groups in total. The molecule has 3 aromatic rings. The third-order valence-electron chi connectivity index (χ3n) is 4.35.